The first-order chi connectivity index (χ1) is 9.60. The van der Waals surface area contributed by atoms with E-state index in [1.807, 2.05) is 49.4 Å². The van der Waals surface area contributed by atoms with Gasteiger partial charge in [0.1, 0.15) is 18.1 Å². The molecular formula is C16H18BrNO2. The summed E-state index contributed by atoms with van der Waals surface area (Å²) in [5.41, 5.74) is 8.05. The summed E-state index contributed by atoms with van der Waals surface area (Å²) in [6, 6.07) is 13.6. The molecule has 0 aliphatic carbocycles. The topological polar surface area (TPSA) is 44.5 Å². The monoisotopic (exact) mass is 335 g/mol. The predicted octanol–water partition coefficient (Wildman–Crippen LogP) is 4.06. The molecule has 0 saturated carbocycles. The molecule has 0 aliphatic rings. The largest absolute Gasteiger partial charge is 0.497 e. The van der Waals surface area contributed by atoms with Crippen molar-refractivity contribution in [1.82, 2.24) is 0 Å². The SMILES string of the molecule is COc1ccc(COc2ccc(Br)cc2[C@H](C)N)cc1. The number of benzene rings is 2. The molecule has 0 saturated heterocycles. The maximum atomic E-state index is 5.97. The van der Waals surface area contributed by atoms with Gasteiger partial charge in [0.15, 0.2) is 0 Å². The minimum absolute atomic E-state index is 0.0710. The Morgan fingerprint density at radius 2 is 1.85 bits per heavy atom. The zero-order chi connectivity index (χ0) is 14.5. The van der Waals surface area contributed by atoms with Gasteiger partial charge >= 0.3 is 0 Å². The highest BCUT2D eigenvalue weighted by Gasteiger charge is 2.09. The highest BCUT2D eigenvalue weighted by atomic mass is 79.9. The van der Waals surface area contributed by atoms with Crippen molar-refractivity contribution < 1.29 is 9.47 Å². The Morgan fingerprint density at radius 3 is 2.45 bits per heavy atom. The summed E-state index contributed by atoms with van der Waals surface area (Å²) < 4.78 is 12.0. The number of hydrogen-bond donors (Lipinski definition) is 1. The molecule has 3 nitrogen and oxygen atoms in total. The molecule has 2 aromatic carbocycles. The summed E-state index contributed by atoms with van der Waals surface area (Å²) in [6.07, 6.45) is 0. The number of rotatable bonds is 5. The molecule has 0 radical (unpaired) electrons. The van der Waals surface area contributed by atoms with Gasteiger partial charge in [0, 0.05) is 16.1 Å². The van der Waals surface area contributed by atoms with Crippen LogP contribution in [0, 0.1) is 0 Å². The van der Waals surface area contributed by atoms with Gasteiger partial charge in [0.05, 0.1) is 7.11 Å². The highest BCUT2D eigenvalue weighted by molar-refractivity contribution is 9.10. The smallest absolute Gasteiger partial charge is 0.124 e. The minimum atomic E-state index is -0.0710. The lowest BCUT2D eigenvalue weighted by molar-refractivity contribution is 0.301. The Labute approximate surface area is 127 Å². The Morgan fingerprint density at radius 1 is 1.15 bits per heavy atom. The minimum Gasteiger partial charge on any atom is -0.497 e. The van der Waals surface area contributed by atoms with Crippen LogP contribution in [0.5, 0.6) is 11.5 Å². The molecule has 0 spiro atoms. The quantitative estimate of drug-likeness (QED) is 0.896. The third-order valence-electron chi connectivity index (χ3n) is 3.02. The average Bonchev–Trinajstić information content (AvgIpc) is 2.46. The standard InChI is InChI=1S/C16H18BrNO2/c1-11(18)15-9-13(17)5-8-16(15)20-10-12-3-6-14(19-2)7-4-12/h3-9,11H,10,18H2,1-2H3/t11-/m0/s1. The molecule has 0 unspecified atom stereocenters. The second-order valence-electron chi connectivity index (χ2n) is 4.61. The maximum Gasteiger partial charge on any atom is 0.124 e. The van der Waals surface area contributed by atoms with Crippen molar-refractivity contribution in [3.8, 4) is 11.5 Å². The van der Waals surface area contributed by atoms with Gasteiger partial charge in [-0.2, -0.15) is 0 Å². The summed E-state index contributed by atoms with van der Waals surface area (Å²) in [4.78, 5) is 0. The number of nitrogens with two attached hydrogens (primary N) is 1. The Balaban J connectivity index is 2.10. The van der Waals surface area contributed by atoms with E-state index in [4.69, 9.17) is 15.2 Å². The molecule has 106 valence electrons. The molecule has 20 heavy (non-hydrogen) atoms. The van der Waals surface area contributed by atoms with Gasteiger partial charge in [0.2, 0.25) is 0 Å². The van der Waals surface area contributed by atoms with Crippen LogP contribution in [0.3, 0.4) is 0 Å². The summed E-state index contributed by atoms with van der Waals surface area (Å²) in [7, 11) is 1.66. The van der Waals surface area contributed by atoms with E-state index >= 15 is 0 Å². The fraction of sp³-hybridized carbons (Fsp3) is 0.250. The van der Waals surface area contributed by atoms with Gasteiger partial charge in [-0.25, -0.2) is 0 Å². The third kappa shape index (κ3) is 3.74. The Kier molecular flexibility index (Phi) is 5.04. The number of halogens is 1. The first-order valence-corrected chi connectivity index (χ1v) is 7.20. The van der Waals surface area contributed by atoms with E-state index in [1.54, 1.807) is 7.11 Å². The van der Waals surface area contributed by atoms with Gasteiger partial charge in [-0.05, 0) is 42.8 Å². The summed E-state index contributed by atoms with van der Waals surface area (Å²) in [5.74, 6) is 1.66. The van der Waals surface area contributed by atoms with Crippen LogP contribution in [0.15, 0.2) is 46.9 Å². The molecule has 0 aromatic heterocycles. The number of ether oxygens (including phenoxy) is 2. The van der Waals surface area contributed by atoms with Crippen LogP contribution in [0.25, 0.3) is 0 Å². The second kappa shape index (κ2) is 6.77. The number of hydrogen-bond acceptors (Lipinski definition) is 3. The summed E-state index contributed by atoms with van der Waals surface area (Å²) in [6.45, 7) is 2.45. The van der Waals surface area contributed by atoms with Gasteiger partial charge in [-0.3, -0.25) is 0 Å². The van der Waals surface area contributed by atoms with E-state index in [2.05, 4.69) is 15.9 Å². The van der Waals surface area contributed by atoms with Crippen LogP contribution in [0.1, 0.15) is 24.1 Å². The molecule has 2 aromatic rings. The van der Waals surface area contributed by atoms with Gasteiger partial charge < -0.3 is 15.2 Å². The molecule has 0 heterocycles. The van der Waals surface area contributed by atoms with E-state index in [1.165, 1.54) is 0 Å². The van der Waals surface area contributed by atoms with E-state index in [-0.39, 0.29) is 6.04 Å². The van der Waals surface area contributed by atoms with Crippen LogP contribution < -0.4 is 15.2 Å². The summed E-state index contributed by atoms with van der Waals surface area (Å²) >= 11 is 3.45. The van der Waals surface area contributed by atoms with E-state index in [0.29, 0.717) is 6.61 Å². The normalized spacial score (nSPS) is 12.0. The lowest BCUT2D eigenvalue weighted by Gasteiger charge is -2.14. The molecular weight excluding hydrogens is 318 g/mol. The zero-order valence-corrected chi connectivity index (χ0v) is 13.2. The average molecular weight is 336 g/mol. The lowest BCUT2D eigenvalue weighted by atomic mass is 10.1. The molecule has 0 bridgehead atoms. The van der Waals surface area contributed by atoms with Crippen molar-refractivity contribution in [2.75, 3.05) is 7.11 Å². The van der Waals surface area contributed by atoms with E-state index < -0.39 is 0 Å². The van der Waals surface area contributed by atoms with E-state index in [9.17, 15) is 0 Å². The first-order valence-electron chi connectivity index (χ1n) is 6.41. The number of methoxy groups -OCH3 is 1. The molecule has 1 atom stereocenters. The maximum absolute atomic E-state index is 5.97. The molecule has 0 aliphatic heterocycles. The van der Waals surface area contributed by atoms with Crippen molar-refractivity contribution in [3.63, 3.8) is 0 Å². The first kappa shape index (κ1) is 14.9. The van der Waals surface area contributed by atoms with E-state index in [0.717, 1.165) is 27.1 Å². The van der Waals surface area contributed by atoms with Crippen molar-refractivity contribution in [3.05, 3.63) is 58.1 Å². The van der Waals surface area contributed by atoms with Crippen molar-refractivity contribution in [2.45, 2.75) is 19.6 Å². The molecule has 0 fully saturated rings. The van der Waals surface area contributed by atoms with Crippen LogP contribution in [-0.4, -0.2) is 7.11 Å². The second-order valence-corrected chi connectivity index (χ2v) is 5.52. The molecule has 4 heteroatoms. The molecule has 2 rings (SSSR count). The van der Waals surface area contributed by atoms with Crippen LogP contribution >= 0.6 is 15.9 Å². The van der Waals surface area contributed by atoms with Crippen LogP contribution in [-0.2, 0) is 6.61 Å². The lowest BCUT2D eigenvalue weighted by Crippen LogP contribution is -2.08. The fourth-order valence-electron chi connectivity index (χ4n) is 1.89. The Hall–Kier alpha value is -1.52. The van der Waals surface area contributed by atoms with Crippen molar-refractivity contribution in [2.24, 2.45) is 5.73 Å². The predicted molar refractivity (Wildman–Crippen MR) is 84.1 cm³/mol. The van der Waals surface area contributed by atoms with Crippen LogP contribution in [0.2, 0.25) is 0 Å². The molecule has 0 amide bonds. The van der Waals surface area contributed by atoms with Crippen molar-refractivity contribution >= 4 is 15.9 Å². The molecule has 2 N–H and O–H groups in total. The van der Waals surface area contributed by atoms with Gasteiger partial charge in [-0.1, -0.05) is 28.1 Å². The highest BCUT2D eigenvalue weighted by Crippen LogP contribution is 2.28. The zero-order valence-electron chi connectivity index (χ0n) is 11.6. The van der Waals surface area contributed by atoms with Crippen molar-refractivity contribution in [1.29, 1.82) is 0 Å². The van der Waals surface area contributed by atoms with Gasteiger partial charge in [-0.15, -0.1) is 0 Å². The Bertz CT molecular complexity index is 567. The summed E-state index contributed by atoms with van der Waals surface area (Å²) in [5, 5.41) is 0. The third-order valence-corrected chi connectivity index (χ3v) is 3.51. The van der Waals surface area contributed by atoms with Gasteiger partial charge in [0.25, 0.3) is 0 Å². The fourth-order valence-corrected chi connectivity index (χ4v) is 2.27. The van der Waals surface area contributed by atoms with Crippen LogP contribution in [0.4, 0.5) is 0 Å².